The average molecular weight is 467 g/mol. The van der Waals surface area contributed by atoms with Crippen LogP contribution in [0.3, 0.4) is 0 Å². The summed E-state index contributed by atoms with van der Waals surface area (Å²) >= 11 is 6.02. The van der Waals surface area contributed by atoms with Crippen molar-refractivity contribution in [3.05, 3.63) is 77.3 Å². The molecule has 0 heterocycles. The van der Waals surface area contributed by atoms with E-state index in [0.29, 0.717) is 17.2 Å². The van der Waals surface area contributed by atoms with Crippen LogP contribution in [0.15, 0.2) is 66.7 Å². The van der Waals surface area contributed by atoms with E-state index in [9.17, 15) is 9.59 Å². The molecule has 3 aromatic carbocycles. The second-order valence-corrected chi connectivity index (χ2v) is 9.51. The summed E-state index contributed by atoms with van der Waals surface area (Å²) in [5, 5.41) is 5.60. The molecule has 1 N–H and O–H groups in total. The molecule has 0 saturated heterocycles. The van der Waals surface area contributed by atoms with Crippen molar-refractivity contribution in [2.45, 2.75) is 52.2 Å². The first-order chi connectivity index (χ1) is 15.7. The number of hydrogen-bond acceptors (Lipinski definition) is 3. The Labute approximate surface area is 200 Å². The van der Waals surface area contributed by atoms with Crippen molar-refractivity contribution in [3.63, 3.8) is 0 Å². The third kappa shape index (κ3) is 6.72. The third-order valence-electron chi connectivity index (χ3n) is 5.25. The van der Waals surface area contributed by atoms with Gasteiger partial charge in [0, 0.05) is 22.5 Å². The Morgan fingerprint density at radius 2 is 1.67 bits per heavy atom. The summed E-state index contributed by atoms with van der Waals surface area (Å²) in [6, 6.07) is 20.3. The Hall–Kier alpha value is -3.05. The van der Waals surface area contributed by atoms with Crippen LogP contribution in [0.25, 0.3) is 10.8 Å². The summed E-state index contributed by atoms with van der Waals surface area (Å²) in [4.78, 5) is 28.0. The lowest BCUT2D eigenvalue weighted by Gasteiger charge is -2.33. The van der Waals surface area contributed by atoms with E-state index in [1.807, 2.05) is 82.3 Å². The maximum atomic E-state index is 13.4. The predicted octanol–water partition coefficient (Wildman–Crippen LogP) is 5.59. The van der Waals surface area contributed by atoms with E-state index in [1.54, 1.807) is 17.0 Å². The van der Waals surface area contributed by atoms with Crippen molar-refractivity contribution in [2.24, 2.45) is 0 Å². The fourth-order valence-corrected chi connectivity index (χ4v) is 3.83. The highest BCUT2D eigenvalue weighted by atomic mass is 35.5. The maximum Gasteiger partial charge on any atom is 0.261 e. The molecule has 0 spiro atoms. The standard InChI is InChI=1S/C27H31ClN2O3/c1-5-23(26(32)29-27(2,3)4)30(17-19-13-15-21(28)16-14-19)25(31)18-33-24-12-8-10-20-9-6-7-11-22(20)24/h6-16,23H,5,17-18H2,1-4H3,(H,29,32)/t23-/m0/s1. The van der Waals surface area contributed by atoms with Crippen molar-refractivity contribution in [3.8, 4) is 5.75 Å². The van der Waals surface area contributed by atoms with Gasteiger partial charge in [0.25, 0.3) is 5.91 Å². The van der Waals surface area contributed by atoms with Crippen LogP contribution in [-0.2, 0) is 16.1 Å². The Morgan fingerprint density at radius 1 is 1.00 bits per heavy atom. The highest BCUT2D eigenvalue weighted by Crippen LogP contribution is 2.25. The molecule has 0 aliphatic heterocycles. The molecule has 0 unspecified atom stereocenters. The molecule has 6 heteroatoms. The van der Waals surface area contributed by atoms with Gasteiger partial charge in [0.05, 0.1) is 0 Å². The molecule has 3 aromatic rings. The summed E-state index contributed by atoms with van der Waals surface area (Å²) in [7, 11) is 0. The van der Waals surface area contributed by atoms with Crippen molar-refractivity contribution in [1.29, 1.82) is 0 Å². The molecule has 2 amide bonds. The monoisotopic (exact) mass is 466 g/mol. The van der Waals surface area contributed by atoms with E-state index in [-0.39, 0.29) is 25.0 Å². The van der Waals surface area contributed by atoms with E-state index in [0.717, 1.165) is 16.3 Å². The Bertz CT molecular complexity index is 1100. The summed E-state index contributed by atoms with van der Waals surface area (Å²) < 4.78 is 5.95. The lowest BCUT2D eigenvalue weighted by molar-refractivity contribution is -0.143. The van der Waals surface area contributed by atoms with E-state index in [4.69, 9.17) is 16.3 Å². The normalized spacial score (nSPS) is 12.3. The van der Waals surface area contributed by atoms with Crippen LogP contribution in [-0.4, -0.2) is 34.9 Å². The minimum atomic E-state index is -0.622. The van der Waals surface area contributed by atoms with Crippen LogP contribution in [0.1, 0.15) is 39.7 Å². The summed E-state index contributed by atoms with van der Waals surface area (Å²) in [5.74, 6) is 0.200. The molecule has 0 aromatic heterocycles. The van der Waals surface area contributed by atoms with Gasteiger partial charge < -0.3 is 15.0 Å². The van der Waals surface area contributed by atoms with Gasteiger partial charge in [-0.05, 0) is 56.3 Å². The lowest BCUT2D eigenvalue weighted by atomic mass is 10.1. The van der Waals surface area contributed by atoms with E-state index in [2.05, 4.69) is 5.32 Å². The highest BCUT2D eigenvalue weighted by molar-refractivity contribution is 6.30. The van der Waals surface area contributed by atoms with Crippen LogP contribution in [0.4, 0.5) is 0 Å². The fraction of sp³-hybridized carbons (Fsp3) is 0.333. The second-order valence-electron chi connectivity index (χ2n) is 9.08. The number of carbonyl (C=O) groups is 2. The topological polar surface area (TPSA) is 58.6 Å². The second kappa shape index (κ2) is 10.7. The highest BCUT2D eigenvalue weighted by Gasteiger charge is 2.31. The van der Waals surface area contributed by atoms with Crippen LogP contribution in [0.2, 0.25) is 5.02 Å². The van der Waals surface area contributed by atoms with Gasteiger partial charge in [-0.1, -0.05) is 67.1 Å². The number of rotatable bonds is 8. The Kier molecular flexibility index (Phi) is 7.98. The van der Waals surface area contributed by atoms with E-state index >= 15 is 0 Å². The molecule has 0 aliphatic carbocycles. The number of benzene rings is 3. The number of nitrogens with one attached hydrogen (secondary N) is 1. The van der Waals surface area contributed by atoms with Crippen LogP contribution < -0.4 is 10.1 Å². The Morgan fingerprint density at radius 3 is 2.33 bits per heavy atom. The number of carbonyl (C=O) groups excluding carboxylic acids is 2. The number of halogens is 1. The molecule has 1 atom stereocenters. The SMILES string of the molecule is CC[C@@H](C(=O)NC(C)(C)C)N(Cc1ccc(Cl)cc1)C(=O)COc1cccc2ccccc12. The molecular formula is C27H31ClN2O3. The molecule has 0 aliphatic rings. The van der Waals surface area contributed by atoms with Crippen molar-refractivity contribution in [1.82, 2.24) is 10.2 Å². The van der Waals surface area contributed by atoms with Gasteiger partial charge in [0.15, 0.2) is 6.61 Å². The minimum Gasteiger partial charge on any atom is -0.483 e. The van der Waals surface area contributed by atoms with Gasteiger partial charge in [-0.2, -0.15) is 0 Å². The molecule has 0 bridgehead atoms. The quantitative estimate of drug-likeness (QED) is 0.470. The zero-order valence-electron chi connectivity index (χ0n) is 19.6. The van der Waals surface area contributed by atoms with E-state index in [1.165, 1.54) is 0 Å². The number of ether oxygens (including phenoxy) is 1. The van der Waals surface area contributed by atoms with Crippen molar-refractivity contribution in [2.75, 3.05) is 6.61 Å². The molecule has 3 rings (SSSR count). The first-order valence-electron chi connectivity index (χ1n) is 11.1. The number of amides is 2. The molecule has 5 nitrogen and oxygen atoms in total. The third-order valence-corrected chi connectivity index (χ3v) is 5.50. The minimum absolute atomic E-state index is 0.166. The lowest BCUT2D eigenvalue weighted by Crippen LogP contribution is -2.54. The van der Waals surface area contributed by atoms with Crippen molar-refractivity contribution < 1.29 is 14.3 Å². The first-order valence-corrected chi connectivity index (χ1v) is 11.5. The molecule has 0 saturated carbocycles. The smallest absolute Gasteiger partial charge is 0.261 e. The van der Waals surface area contributed by atoms with Crippen LogP contribution >= 0.6 is 11.6 Å². The molecule has 174 valence electrons. The van der Waals surface area contributed by atoms with Gasteiger partial charge in [0.1, 0.15) is 11.8 Å². The van der Waals surface area contributed by atoms with Crippen LogP contribution in [0, 0.1) is 0 Å². The van der Waals surface area contributed by atoms with Gasteiger partial charge in [-0.25, -0.2) is 0 Å². The predicted molar refractivity (Wildman–Crippen MR) is 133 cm³/mol. The molecule has 33 heavy (non-hydrogen) atoms. The zero-order chi connectivity index (χ0) is 24.0. The summed E-state index contributed by atoms with van der Waals surface area (Å²) in [6.07, 6.45) is 0.482. The van der Waals surface area contributed by atoms with Crippen LogP contribution in [0.5, 0.6) is 5.75 Å². The number of hydrogen-bond donors (Lipinski definition) is 1. The molecule has 0 fully saturated rings. The molecule has 0 radical (unpaired) electrons. The van der Waals surface area contributed by atoms with Gasteiger partial charge in [0.2, 0.25) is 5.91 Å². The summed E-state index contributed by atoms with van der Waals surface area (Å²) in [5.41, 5.74) is 0.485. The maximum absolute atomic E-state index is 13.4. The fourth-order valence-electron chi connectivity index (χ4n) is 3.70. The number of nitrogens with zero attached hydrogens (tertiary/aromatic N) is 1. The largest absolute Gasteiger partial charge is 0.483 e. The summed E-state index contributed by atoms with van der Waals surface area (Å²) in [6.45, 7) is 7.79. The van der Waals surface area contributed by atoms with Crippen molar-refractivity contribution >= 4 is 34.2 Å². The average Bonchev–Trinajstić information content (AvgIpc) is 2.77. The number of fused-ring (bicyclic) bond motifs is 1. The van der Waals surface area contributed by atoms with E-state index < -0.39 is 11.6 Å². The Balaban J connectivity index is 1.84. The van der Waals surface area contributed by atoms with Gasteiger partial charge in [-0.15, -0.1) is 0 Å². The first kappa shape index (κ1) is 24.6. The molecular weight excluding hydrogens is 436 g/mol. The van der Waals surface area contributed by atoms with Gasteiger partial charge in [-0.3, -0.25) is 9.59 Å². The van der Waals surface area contributed by atoms with Gasteiger partial charge >= 0.3 is 0 Å². The zero-order valence-corrected chi connectivity index (χ0v) is 20.4.